The summed E-state index contributed by atoms with van der Waals surface area (Å²) in [4.78, 5) is 0. The quantitative estimate of drug-likeness (QED) is 0.398. The maximum Gasteiger partial charge on any atom is 0.0777 e. The van der Waals surface area contributed by atoms with Crippen molar-refractivity contribution in [2.45, 2.75) is 77.8 Å². The first-order valence-corrected chi connectivity index (χ1v) is 14.4. The zero-order valence-corrected chi connectivity index (χ0v) is 16.8. The van der Waals surface area contributed by atoms with Crippen LogP contribution in [0.4, 0.5) is 0 Å². The van der Waals surface area contributed by atoms with E-state index >= 15 is 0 Å². The Balaban J connectivity index is 4.50. The molecule has 0 bridgehead atoms. The molecule has 0 heterocycles. The van der Waals surface area contributed by atoms with Gasteiger partial charge in [0.15, 0.2) is 0 Å². The molecule has 0 aromatic heterocycles. The van der Waals surface area contributed by atoms with Crippen LogP contribution >= 0.6 is 11.8 Å². The number of rotatable bonds is 10. The second-order valence-electron chi connectivity index (χ2n) is 5.59. The minimum Gasteiger partial charge on any atom is -0.108 e. The largest absolute Gasteiger partial charge is 0.108 e. The minimum atomic E-state index is -1.06. The molecule has 0 aliphatic carbocycles. The van der Waals surface area contributed by atoms with E-state index in [-0.39, 0.29) is 0 Å². The lowest BCUT2D eigenvalue weighted by molar-refractivity contribution is 1.19. The molecule has 0 atom stereocenters. The van der Waals surface area contributed by atoms with Crippen molar-refractivity contribution in [2.24, 2.45) is 0 Å². The van der Waals surface area contributed by atoms with Gasteiger partial charge in [-0.25, -0.2) is 0 Å². The lowest BCUT2D eigenvalue weighted by Crippen LogP contribution is -2.28. The Morgan fingerprint density at radius 3 is 1.05 bits per heavy atom. The highest BCUT2D eigenvalue weighted by Crippen LogP contribution is 2.25. The molecule has 112 valence electrons. The fraction of sp³-hybridized carbons (Fsp3) is 0.750. The monoisotopic (exact) mass is 314 g/mol. The van der Waals surface area contributed by atoms with E-state index in [0.29, 0.717) is 0 Å². The van der Waals surface area contributed by atoms with Gasteiger partial charge in [0.25, 0.3) is 0 Å². The summed E-state index contributed by atoms with van der Waals surface area (Å²) >= 11 is 1.91. The van der Waals surface area contributed by atoms with Gasteiger partial charge in [-0.3, -0.25) is 0 Å². The Bertz CT molecular complexity index is 232. The van der Waals surface area contributed by atoms with Crippen molar-refractivity contribution in [1.29, 1.82) is 0 Å². The van der Waals surface area contributed by atoms with Crippen LogP contribution in [-0.2, 0) is 0 Å². The van der Waals surface area contributed by atoms with Crippen molar-refractivity contribution in [3.63, 3.8) is 0 Å². The fourth-order valence-electron chi connectivity index (χ4n) is 2.62. The third-order valence-electron chi connectivity index (χ3n) is 5.23. The van der Waals surface area contributed by atoms with Gasteiger partial charge in [0.2, 0.25) is 0 Å². The molecule has 0 aliphatic rings. The molecule has 3 heteroatoms. The third-order valence-corrected chi connectivity index (χ3v) is 16.5. The van der Waals surface area contributed by atoms with Crippen molar-refractivity contribution in [3.8, 4) is 0 Å². The maximum absolute atomic E-state index is 2.58. The van der Waals surface area contributed by atoms with Gasteiger partial charge in [-0.05, 0) is 10.8 Å². The van der Waals surface area contributed by atoms with Gasteiger partial charge < -0.3 is 0 Å². The first-order valence-electron chi connectivity index (χ1n) is 8.08. The molecule has 0 aromatic carbocycles. The van der Waals surface area contributed by atoms with E-state index < -0.39 is 16.1 Å². The molecule has 0 fully saturated rings. The summed E-state index contributed by atoms with van der Waals surface area (Å²) in [5.74, 6) is 0. The second-order valence-corrected chi connectivity index (χ2v) is 16.8. The lowest BCUT2D eigenvalue weighted by Gasteiger charge is -2.24. The average molecular weight is 315 g/mol. The molecule has 0 saturated carbocycles. The van der Waals surface area contributed by atoms with E-state index in [1.165, 1.54) is 36.3 Å². The summed E-state index contributed by atoms with van der Waals surface area (Å²) in [6.45, 7) is 14.2. The number of hydrogen-bond donors (Lipinski definition) is 0. The van der Waals surface area contributed by atoms with Gasteiger partial charge in [-0.1, -0.05) is 89.2 Å². The Kier molecular flexibility index (Phi) is 10.2. The highest BCUT2D eigenvalue weighted by molar-refractivity contribution is 8.05. The highest BCUT2D eigenvalue weighted by atomic mass is 32.2. The van der Waals surface area contributed by atoms with Gasteiger partial charge in [0.1, 0.15) is 0 Å². The smallest absolute Gasteiger partial charge is 0.0777 e. The summed E-state index contributed by atoms with van der Waals surface area (Å²) < 4.78 is 0. The molecule has 0 nitrogen and oxygen atoms in total. The van der Waals surface area contributed by atoms with Crippen LogP contribution in [0.5, 0.6) is 0 Å². The van der Waals surface area contributed by atoms with Crippen LogP contribution in [-0.4, -0.2) is 16.1 Å². The molecule has 0 aromatic rings. The molecule has 0 radical (unpaired) electrons. The Morgan fingerprint density at radius 2 is 0.842 bits per heavy atom. The van der Waals surface area contributed by atoms with E-state index in [9.17, 15) is 0 Å². The van der Waals surface area contributed by atoms with E-state index in [4.69, 9.17) is 0 Å². The predicted octanol–water partition coefficient (Wildman–Crippen LogP) is 6.84. The van der Waals surface area contributed by atoms with Gasteiger partial charge in [-0.2, -0.15) is 0 Å². The van der Waals surface area contributed by atoms with Crippen LogP contribution in [0.1, 0.15) is 41.5 Å². The van der Waals surface area contributed by atoms with Crippen LogP contribution in [0.2, 0.25) is 36.3 Å². The van der Waals surface area contributed by atoms with Crippen molar-refractivity contribution < 1.29 is 0 Å². The van der Waals surface area contributed by atoms with Crippen molar-refractivity contribution >= 4 is 27.9 Å². The highest BCUT2D eigenvalue weighted by Gasteiger charge is 2.23. The van der Waals surface area contributed by atoms with E-state index in [0.717, 1.165) is 0 Å². The first-order chi connectivity index (χ1) is 9.07. The average Bonchev–Trinajstić information content (AvgIpc) is 2.48. The van der Waals surface area contributed by atoms with Crippen molar-refractivity contribution in [2.75, 3.05) is 0 Å². The molecular formula is C16H34SSi2. The predicted molar refractivity (Wildman–Crippen MR) is 100 cm³/mol. The van der Waals surface area contributed by atoms with Crippen molar-refractivity contribution in [3.05, 3.63) is 22.2 Å². The van der Waals surface area contributed by atoms with Crippen molar-refractivity contribution in [1.82, 2.24) is 0 Å². The maximum atomic E-state index is 2.58. The third kappa shape index (κ3) is 6.05. The summed E-state index contributed by atoms with van der Waals surface area (Å²) in [6.07, 6.45) is 0. The summed E-state index contributed by atoms with van der Waals surface area (Å²) in [5, 5.41) is 4.75. The van der Waals surface area contributed by atoms with Gasteiger partial charge in [-0.15, -0.1) is 11.8 Å². The minimum absolute atomic E-state index is 1.06. The normalized spacial score (nSPS) is 13.8. The Labute approximate surface area is 128 Å². The second kappa shape index (κ2) is 10.1. The summed E-state index contributed by atoms with van der Waals surface area (Å²) in [7, 11) is -2.12. The molecule has 0 saturated heterocycles. The van der Waals surface area contributed by atoms with Gasteiger partial charge in [0.05, 0.1) is 16.1 Å². The molecule has 19 heavy (non-hydrogen) atoms. The lowest BCUT2D eigenvalue weighted by atomic mass is 10.9. The molecule has 0 spiro atoms. The fourth-order valence-corrected chi connectivity index (χ4v) is 10.1. The topological polar surface area (TPSA) is 0 Å². The standard InChI is InChI=1S/C16H34SSi2/c1-7-18(8-2,9-3)15-13-17-14-16-19(10-4,11-5)12-6/h13-16H,7-12H2,1-6H3/b15-13+,16-14+. The number of thioether (sulfide) groups is 1. The number of hydrogen-bond acceptors (Lipinski definition) is 1. The molecule has 0 amide bonds. The molecule has 0 unspecified atom stereocenters. The summed E-state index contributed by atoms with van der Waals surface area (Å²) in [6, 6.07) is 8.32. The Morgan fingerprint density at radius 1 is 0.579 bits per heavy atom. The molecule has 0 N–H and O–H groups in total. The first kappa shape index (κ1) is 19.3. The van der Waals surface area contributed by atoms with Gasteiger partial charge in [0, 0.05) is 0 Å². The van der Waals surface area contributed by atoms with Crippen LogP contribution in [0.15, 0.2) is 22.2 Å². The van der Waals surface area contributed by atoms with Crippen LogP contribution < -0.4 is 0 Å². The Hall–Kier alpha value is 0.264. The SMILES string of the molecule is CC[Si](/C=C/S/C=C/[Si](CC)(CC)CC)(CC)CC. The van der Waals surface area contributed by atoms with Crippen LogP contribution in [0.25, 0.3) is 0 Å². The van der Waals surface area contributed by atoms with Crippen LogP contribution in [0.3, 0.4) is 0 Å². The summed E-state index contributed by atoms with van der Waals surface area (Å²) in [5.41, 5.74) is 5.16. The van der Waals surface area contributed by atoms with E-state index in [1.54, 1.807) is 0 Å². The van der Waals surface area contributed by atoms with E-state index in [2.05, 4.69) is 63.8 Å². The zero-order valence-electron chi connectivity index (χ0n) is 14.0. The zero-order chi connectivity index (χ0) is 14.8. The van der Waals surface area contributed by atoms with Gasteiger partial charge >= 0.3 is 0 Å². The van der Waals surface area contributed by atoms with E-state index in [1.807, 2.05) is 11.8 Å². The molecule has 0 rings (SSSR count). The molecule has 0 aliphatic heterocycles. The molecular weight excluding hydrogens is 280 g/mol. The van der Waals surface area contributed by atoms with Crippen LogP contribution in [0, 0.1) is 0 Å².